The van der Waals surface area contributed by atoms with Crippen LogP contribution in [0.1, 0.15) is 59.3 Å². The number of fused-ring (bicyclic) bond motifs is 5. The van der Waals surface area contributed by atoms with Gasteiger partial charge >= 0.3 is 0 Å². The lowest BCUT2D eigenvalue weighted by Crippen LogP contribution is -2.55. The minimum Gasteiger partial charge on any atom is -0.498 e. The number of aliphatic hydroxyl groups excluding tert-OH is 1. The minimum absolute atomic E-state index is 0.0237. The number of rotatable bonds is 2. The van der Waals surface area contributed by atoms with Crippen molar-refractivity contribution in [2.45, 2.75) is 65.4 Å². The van der Waals surface area contributed by atoms with Crippen LogP contribution in [0, 0.1) is 28.6 Å². The molecule has 2 fully saturated rings. The van der Waals surface area contributed by atoms with Gasteiger partial charge < -0.3 is 9.84 Å². The molecule has 0 radical (unpaired) electrons. The lowest BCUT2D eigenvalue weighted by molar-refractivity contribution is -0.143. The predicted molar refractivity (Wildman–Crippen MR) is 93.2 cm³/mol. The Morgan fingerprint density at radius 1 is 1.29 bits per heavy atom. The Balaban J connectivity index is 1.72. The number of Topliss-reactive ketones (excluding diaryl/α,β-unsaturated/α-hetero) is 1. The van der Waals surface area contributed by atoms with Gasteiger partial charge in [-0.1, -0.05) is 19.9 Å². The predicted octanol–water partition coefficient (Wildman–Crippen LogP) is 4.02. The summed E-state index contributed by atoms with van der Waals surface area (Å²) in [5.41, 5.74) is 1.09. The van der Waals surface area contributed by atoms with Crippen LogP contribution in [0.4, 0.5) is 0 Å². The molecule has 4 aliphatic carbocycles. The summed E-state index contributed by atoms with van der Waals surface area (Å²) in [6.45, 7) is 7.19. The Hall–Kier alpha value is -1.09. The summed E-state index contributed by atoms with van der Waals surface area (Å²) in [5, 5.41) is 11.1. The minimum atomic E-state index is -0.367. The largest absolute Gasteiger partial charge is 0.498 e. The second-order valence-corrected chi connectivity index (χ2v) is 8.80. The van der Waals surface area contributed by atoms with Gasteiger partial charge in [0, 0.05) is 18.3 Å². The Kier molecular flexibility index (Phi) is 3.72. The van der Waals surface area contributed by atoms with E-state index in [9.17, 15) is 9.90 Å². The zero-order chi connectivity index (χ0) is 17.1. The molecule has 0 aromatic rings. The van der Waals surface area contributed by atoms with Crippen molar-refractivity contribution in [1.29, 1.82) is 0 Å². The molecule has 0 unspecified atom stereocenters. The van der Waals surface area contributed by atoms with Crippen LogP contribution in [-0.2, 0) is 9.53 Å². The van der Waals surface area contributed by atoms with Crippen molar-refractivity contribution in [1.82, 2.24) is 0 Å². The Morgan fingerprint density at radius 2 is 2.08 bits per heavy atom. The van der Waals surface area contributed by atoms with Crippen LogP contribution >= 0.6 is 0 Å². The summed E-state index contributed by atoms with van der Waals surface area (Å²) in [4.78, 5) is 12.5. The van der Waals surface area contributed by atoms with Crippen molar-refractivity contribution in [2.24, 2.45) is 28.6 Å². The highest BCUT2D eigenvalue weighted by Gasteiger charge is 2.61. The first kappa shape index (κ1) is 16.4. The van der Waals surface area contributed by atoms with Gasteiger partial charge in [-0.05, 0) is 67.4 Å². The van der Waals surface area contributed by atoms with E-state index in [1.807, 2.05) is 6.92 Å². The van der Waals surface area contributed by atoms with Crippen molar-refractivity contribution in [3.63, 3.8) is 0 Å². The lowest BCUT2D eigenvalue weighted by Gasteiger charge is -2.57. The molecule has 6 atom stereocenters. The molecule has 0 aliphatic heterocycles. The first-order valence-electron chi connectivity index (χ1n) is 9.65. The third-order valence-corrected chi connectivity index (χ3v) is 7.71. The number of ketones is 1. The summed E-state index contributed by atoms with van der Waals surface area (Å²) in [5.74, 6) is 2.64. The van der Waals surface area contributed by atoms with E-state index in [2.05, 4.69) is 26.0 Å². The summed E-state index contributed by atoms with van der Waals surface area (Å²) in [6.07, 6.45) is 9.61. The Labute approximate surface area is 145 Å². The van der Waals surface area contributed by atoms with E-state index < -0.39 is 0 Å². The fourth-order valence-electron chi connectivity index (χ4n) is 6.51. The molecule has 1 N–H and O–H groups in total. The fraction of sp³-hybridized carbons (Fsp3) is 0.762. The highest BCUT2D eigenvalue weighted by molar-refractivity contribution is 5.87. The summed E-state index contributed by atoms with van der Waals surface area (Å²) < 4.78 is 5.75. The summed E-state index contributed by atoms with van der Waals surface area (Å²) >= 11 is 0. The van der Waals surface area contributed by atoms with Crippen LogP contribution in [-0.4, -0.2) is 23.6 Å². The fourth-order valence-corrected chi connectivity index (χ4v) is 6.51. The molecule has 0 spiro atoms. The maximum absolute atomic E-state index is 12.5. The molecule has 132 valence electrons. The molecule has 0 heterocycles. The van der Waals surface area contributed by atoms with Crippen LogP contribution in [0.25, 0.3) is 0 Å². The standard InChI is InChI=1S/C21H30O3/c1-4-24-14-9-10-20(2)13(11-14)5-6-15-16-7-8-18(23)21(16,3)12-17(22)19(15)20/h5,11,15-17,19,22H,4,6-10,12H2,1-3H3/t15-,16-,17-,19+,20-,21-/m0/s1. The number of carbonyl (C=O) groups is 1. The van der Waals surface area contributed by atoms with Gasteiger partial charge in [-0.15, -0.1) is 0 Å². The first-order valence-corrected chi connectivity index (χ1v) is 9.65. The normalized spacial score (nSPS) is 47.2. The third kappa shape index (κ3) is 2.09. The molecule has 4 rings (SSSR count). The van der Waals surface area contributed by atoms with Crippen LogP contribution in [0.15, 0.2) is 23.5 Å². The van der Waals surface area contributed by atoms with E-state index in [0.29, 0.717) is 37.1 Å². The van der Waals surface area contributed by atoms with Gasteiger partial charge in [0.2, 0.25) is 0 Å². The lowest BCUT2D eigenvalue weighted by atomic mass is 9.48. The topological polar surface area (TPSA) is 46.5 Å². The van der Waals surface area contributed by atoms with Gasteiger partial charge in [-0.25, -0.2) is 0 Å². The first-order chi connectivity index (χ1) is 11.4. The molecule has 0 amide bonds. The average molecular weight is 330 g/mol. The SMILES string of the molecule is CCOC1=CC2=CC[C@@H]3[C@H]([C@@H](O)C[C@]4(C)C(=O)CC[C@@H]34)[C@@]2(C)CC1. The van der Waals surface area contributed by atoms with Gasteiger partial charge in [0.05, 0.1) is 18.5 Å². The second-order valence-electron chi connectivity index (χ2n) is 8.80. The molecular weight excluding hydrogens is 300 g/mol. The van der Waals surface area contributed by atoms with Crippen LogP contribution < -0.4 is 0 Å². The van der Waals surface area contributed by atoms with Crippen LogP contribution in [0.2, 0.25) is 0 Å². The number of aliphatic hydroxyl groups is 1. The molecule has 3 nitrogen and oxygen atoms in total. The number of hydrogen-bond acceptors (Lipinski definition) is 3. The van der Waals surface area contributed by atoms with E-state index in [1.54, 1.807) is 0 Å². The zero-order valence-electron chi connectivity index (χ0n) is 15.2. The van der Waals surface area contributed by atoms with Crippen molar-refractivity contribution in [3.8, 4) is 0 Å². The molecule has 0 saturated heterocycles. The number of carbonyl (C=O) groups excluding carboxylic acids is 1. The monoisotopic (exact) mass is 330 g/mol. The number of allylic oxidation sites excluding steroid dienone is 4. The van der Waals surface area contributed by atoms with E-state index >= 15 is 0 Å². The highest BCUT2D eigenvalue weighted by Crippen LogP contribution is 2.63. The van der Waals surface area contributed by atoms with Crippen molar-refractivity contribution >= 4 is 5.78 Å². The molecule has 3 heteroatoms. The van der Waals surface area contributed by atoms with Gasteiger partial charge in [-0.2, -0.15) is 0 Å². The van der Waals surface area contributed by atoms with E-state index in [0.717, 1.165) is 31.4 Å². The summed E-state index contributed by atoms with van der Waals surface area (Å²) in [7, 11) is 0. The van der Waals surface area contributed by atoms with E-state index in [4.69, 9.17) is 4.74 Å². The number of ether oxygens (including phenoxy) is 1. The summed E-state index contributed by atoms with van der Waals surface area (Å²) in [6, 6.07) is 0. The van der Waals surface area contributed by atoms with E-state index in [-0.39, 0.29) is 22.9 Å². The van der Waals surface area contributed by atoms with Crippen molar-refractivity contribution in [2.75, 3.05) is 6.61 Å². The van der Waals surface area contributed by atoms with Crippen LogP contribution in [0.3, 0.4) is 0 Å². The maximum atomic E-state index is 12.5. The molecule has 0 bridgehead atoms. The quantitative estimate of drug-likeness (QED) is 0.832. The van der Waals surface area contributed by atoms with Gasteiger partial charge in [0.15, 0.2) is 0 Å². The molecule has 0 aromatic carbocycles. The average Bonchev–Trinajstić information content (AvgIpc) is 2.82. The smallest absolute Gasteiger partial charge is 0.139 e. The number of hydrogen-bond donors (Lipinski definition) is 1. The van der Waals surface area contributed by atoms with Crippen molar-refractivity contribution < 1.29 is 14.6 Å². The Morgan fingerprint density at radius 3 is 2.83 bits per heavy atom. The molecule has 0 aromatic heterocycles. The maximum Gasteiger partial charge on any atom is 0.139 e. The van der Waals surface area contributed by atoms with Gasteiger partial charge in [0.1, 0.15) is 5.78 Å². The highest BCUT2D eigenvalue weighted by atomic mass is 16.5. The van der Waals surface area contributed by atoms with Crippen molar-refractivity contribution in [3.05, 3.63) is 23.5 Å². The van der Waals surface area contributed by atoms with Crippen LogP contribution in [0.5, 0.6) is 0 Å². The molecule has 24 heavy (non-hydrogen) atoms. The molecular formula is C21H30O3. The Bertz CT molecular complexity index is 619. The third-order valence-electron chi connectivity index (χ3n) is 7.71. The van der Waals surface area contributed by atoms with E-state index in [1.165, 1.54) is 5.57 Å². The molecule has 2 saturated carbocycles. The van der Waals surface area contributed by atoms with Gasteiger partial charge in [-0.3, -0.25) is 4.79 Å². The molecule has 4 aliphatic rings. The van der Waals surface area contributed by atoms with Gasteiger partial charge in [0.25, 0.3) is 0 Å². The zero-order valence-corrected chi connectivity index (χ0v) is 15.2. The second kappa shape index (κ2) is 5.45.